The second-order valence-electron chi connectivity index (χ2n) is 5.42. The van der Waals surface area contributed by atoms with Crippen LogP contribution in [0.4, 0.5) is 0 Å². The highest BCUT2D eigenvalue weighted by Crippen LogP contribution is 2.10. The molecule has 2 rings (SSSR count). The van der Waals surface area contributed by atoms with Gasteiger partial charge in [-0.1, -0.05) is 43.3 Å². The van der Waals surface area contributed by atoms with Crippen LogP contribution in [0.15, 0.2) is 70.9 Å². The van der Waals surface area contributed by atoms with Crippen molar-refractivity contribution in [1.82, 2.24) is 0 Å². The van der Waals surface area contributed by atoms with Crippen LogP contribution in [-0.4, -0.2) is 19.5 Å². The average Bonchev–Trinajstić information content (AvgIpc) is 2.64. The molecule has 124 valence electrons. The van der Waals surface area contributed by atoms with Crippen molar-refractivity contribution >= 4 is 12.4 Å². The smallest absolute Gasteiger partial charge is 0.118 e. The van der Waals surface area contributed by atoms with Gasteiger partial charge < -0.3 is 4.74 Å². The molecule has 0 aliphatic rings. The Balaban J connectivity index is 1.84. The molecule has 3 nitrogen and oxygen atoms in total. The number of nitrogens with zero attached hydrogens (tertiary/aromatic N) is 2. The van der Waals surface area contributed by atoms with Crippen LogP contribution >= 0.6 is 0 Å². The van der Waals surface area contributed by atoms with Gasteiger partial charge in [-0.05, 0) is 60.2 Å². The fourth-order valence-electron chi connectivity index (χ4n) is 2.19. The molecule has 0 heterocycles. The molecule has 0 bridgehead atoms. The van der Waals surface area contributed by atoms with Crippen molar-refractivity contribution in [1.29, 1.82) is 0 Å². The van der Waals surface area contributed by atoms with E-state index in [4.69, 9.17) is 4.74 Å². The summed E-state index contributed by atoms with van der Waals surface area (Å²) < 4.78 is 5.12. The lowest BCUT2D eigenvalue weighted by atomic mass is 10.1. The van der Waals surface area contributed by atoms with E-state index in [1.54, 1.807) is 19.5 Å². The summed E-state index contributed by atoms with van der Waals surface area (Å²) in [6.45, 7) is 2.15. The molecule has 0 aliphatic carbocycles. The number of benzene rings is 2. The van der Waals surface area contributed by atoms with E-state index in [1.807, 2.05) is 24.3 Å². The summed E-state index contributed by atoms with van der Waals surface area (Å²) in [6, 6.07) is 16.1. The molecule has 0 unspecified atom stereocenters. The van der Waals surface area contributed by atoms with Gasteiger partial charge in [-0.3, -0.25) is 0 Å². The normalized spacial score (nSPS) is 11.8. The number of rotatable bonds is 8. The van der Waals surface area contributed by atoms with Gasteiger partial charge in [-0.15, -0.1) is 0 Å². The predicted octanol–water partition coefficient (Wildman–Crippen LogP) is 5.05. The van der Waals surface area contributed by atoms with Crippen molar-refractivity contribution in [2.75, 3.05) is 7.11 Å². The summed E-state index contributed by atoms with van der Waals surface area (Å²) in [4.78, 5) is 0. The largest absolute Gasteiger partial charge is 0.497 e. The highest BCUT2D eigenvalue weighted by Gasteiger charge is 1.92. The number of hydrogen-bond donors (Lipinski definition) is 0. The molecule has 0 spiro atoms. The first-order valence-corrected chi connectivity index (χ1v) is 8.26. The van der Waals surface area contributed by atoms with E-state index in [-0.39, 0.29) is 0 Å². The van der Waals surface area contributed by atoms with Crippen LogP contribution in [0.2, 0.25) is 0 Å². The van der Waals surface area contributed by atoms with E-state index in [0.717, 1.165) is 36.1 Å². The summed E-state index contributed by atoms with van der Waals surface area (Å²) in [5.41, 5.74) is 3.38. The third-order valence-corrected chi connectivity index (χ3v) is 3.58. The second kappa shape index (κ2) is 10.2. The van der Waals surface area contributed by atoms with E-state index in [2.05, 4.69) is 53.5 Å². The number of ether oxygens (including phenoxy) is 1. The third kappa shape index (κ3) is 6.21. The lowest BCUT2D eigenvalue weighted by Crippen LogP contribution is -1.86. The third-order valence-electron chi connectivity index (χ3n) is 3.58. The second-order valence-corrected chi connectivity index (χ2v) is 5.42. The highest BCUT2D eigenvalue weighted by atomic mass is 16.5. The maximum Gasteiger partial charge on any atom is 0.118 e. The number of hydrogen-bond acceptors (Lipinski definition) is 3. The minimum absolute atomic E-state index is 0.834. The molecule has 2 aromatic carbocycles. The Labute approximate surface area is 144 Å². The standard InChI is InChI=1S/C21H24N2O/c1-3-4-5-6-7-18-8-10-19(11-9-18)16-22-23-17-20-12-14-21(24-2)15-13-20/h4-5,8-17H,3,6-7H2,1-2H3/b5-4+,22-16?,23-17?. The molecule has 0 saturated heterocycles. The van der Waals surface area contributed by atoms with Crippen molar-refractivity contribution in [2.45, 2.75) is 26.2 Å². The van der Waals surface area contributed by atoms with Crippen LogP contribution in [0, 0.1) is 0 Å². The summed E-state index contributed by atoms with van der Waals surface area (Å²) in [6.07, 6.45) is 11.2. The molecule has 0 amide bonds. The van der Waals surface area contributed by atoms with E-state index in [9.17, 15) is 0 Å². The molecule has 2 aromatic rings. The maximum absolute atomic E-state index is 5.12. The molecule has 0 atom stereocenters. The first-order valence-electron chi connectivity index (χ1n) is 8.26. The van der Waals surface area contributed by atoms with Gasteiger partial charge in [0.05, 0.1) is 19.5 Å². The van der Waals surface area contributed by atoms with E-state index < -0.39 is 0 Å². The molecule has 3 heteroatoms. The Kier molecular flexibility index (Phi) is 7.48. The topological polar surface area (TPSA) is 34.0 Å². The number of methoxy groups -OCH3 is 1. The Morgan fingerprint density at radius 3 is 1.96 bits per heavy atom. The molecule has 24 heavy (non-hydrogen) atoms. The van der Waals surface area contributed by atoms with Crippen molar-refractivity contribution in [3.8, 4) is 5.75 Å². The van der Waals surface area contributed by atoms with Gasteiger partial charge in [0, 0.05) is 0 Å². The highest BCUT2D eigenvalue weighted by molar-refractivity contribution is 5.82. The molecule has 0 N–H and O–H groups in total. The lowest BCUT2D eigenvalue weighted by Gasteiger charge is -1.99. The van der Waals surface area contributed by atoms with Crippen molar-refractivity contribution in [3.63, 3.8) is 0 Å². The molecule has 0 radical (unpaired) electrons. The van der Waals surface area contributed by atoms with Crippen molar-refractivity contribution in [2.24, 2.45) is 10.2 Å². The number of aryl methyl sites for hydroxylation is 1. The van der Waals surface area contributed by atoms with Crippen LogP contribution in [0.25, 0.3) is 0 Å². The molecule has 0 fully saturated rings. The van der Waals surface area contributed by atoms with E-state index >= 15 is 0 Å². The first-order chi connectivity index (χ1) is 11.8. The molecular weight excluding hydrogens is 296 g/mol. The fraction of sp³-hybridized carbons (Fsp3) is 0.238. The molecule has 0 aliphatic heterocycles. The van der Waals surface area contributed by atoms with Crippen LogP contribution < -0.4 is 4.74 Å². The number of allylic oxidation sites excluding steroid dienone is 2. The zero-order valence-corrected chi connectivity index (χ0v) is 14.4. The summed E-state index contributed by atoms with van der Waals surface area (Å²) in [5.74, 6) is 0.834. The van der Waals surface area contributed by atoms with Gasteiger partial charge >= 0.3 is 0 Å². The Morgan fingerprint density at radius 1 is 0.833 bits per heavy atom. The van der Waals surface area contributed by atoms with Crippen molar-refractivity contribution < 1.29 is 4.74 Å². The van der Waals surface area contributed by atoms with Gasteiger partial charge in [0.25, 0.3) is 0 Å². The molecular formula is C21H24N2O. The van der Waals surface area contributed by atoms with E-state index in [1.165, 1.54) is 5.56 Å². The van der Waals surface area contributed by atoms with Crippen LogP contribution in [0.1, 0.15) is 36.5 Å². The van der Waals surface area contributed by atoms with Gasteiger partial charge in [0.15, 0.2) is 0 Å². The molecule has 0 aromatic heterocycles. The van der Waals surface area contributed by atoms with Gasteiger partial charge in [0.1, 0.15) is 5.75 Å². The predicted molar refractivity (Wildman–Crippen MR) is 102 cm³/mol. The van der Waals surface area contributed by atoms with Gasteiger partial charge in [0.2, 0.25) is 0 Å². The Bertz CT molecular complexity index is 683. The monoisotopic (exact) mass is 320 g/mol. The van der Waals surface area contributed by atoms with Crippen molar-refractivity contribution in [3.05, 3.63) is 77.4 Å². The maximum atomic E-state index is 5.12. The quantitative estimate of drug-likeness (QED) is 0.381. The van der Waals surface area contributed by atoms with Crippen LogP contribution in [0.5, 0.6) is 5.75 Å². The van der Waals surface area contributed by atoms with Crippen LogP contribution in [0.3, 0.4) is 0 Å². The minimum atomic E-state index is 0.834. The lowest BCUT2D eigenvalue weighted by molar-refractivity contribution is 0.415. The average molecular weight is 320 g/mol. The summed E-state index contributed by atoms with van der Waals surface area (Å²) in [7, 11) is 1.65. The van der Waals surface area contributed by atoms with Crippen LogP contribution in [-0.2, 0) is 6.42 Å². The zero-order valence-electron chi connectivity index (χ0n) is 14.4. The van der Waals surface area contributed by atoms with E-state index in [0.29, 0.717) is 0 Å². The van der Waals surface area contributed by atoms with Gasteiger partial charge in [-0.2, -0.15) is 10.2 Å². The van der Waals surface area contributed by atoms with Gasteiger partial charge in [-0.25, -0.2) is 0 Å². The summed E-state index contributed by atoms with van der Waals surface area (Å²) in [5, 5.41) is 8.18. The Morgan fingerprint density at radius 2 is 1.42 bits per heavy atom. The fourth-order valence-corrected chi connectivity index (χ4v) is 2.19. The first kappa shape index (κ1) is 17.7. The SMILES string of the molecule is CC/C=C/CCc1ccc(C=NN=Cc2ccc(OC)cc2)cc1. The molecule has 0 saturated carbocycles. The summed E-state index contributed by atoms with van der Waals surface area (Å²) >= 11 is 0. The zero-order chi connectivity index (χ0) is 17.0. The minimum Gasteiger partial charge on any atom is -0.497 e. The Hall–Kier alpha value is -2.68.